The number of hydrogen-bond donors (Lipinski definition) is 1. The maximum absolute atomic E-state index is 12.9. The molecule has 0 unspecified atom stereocenters. The van der Waals surface area contributed by atoms with Crippen LogP contribution in [-0.2, 0) is 14.8 Å². The molecule has 172 valence electrons. The fourth-order valence-corrected chi connectivity index (χ4v) is 4.71. The van der Waals surface area contributed by atoms with Crippen molar-refractivity contribution < 1.29 is 27.4 Å². The van der Waals surface area contributed by atoms with Gasteiger partial charge in [-0.2, -0.15) is 4.31 Å². The van der Waals surface area contributed by atoms with Crippen LogP contribution in [0, 0.1) is 0 Å². The van der Waals surface area contributed by atoms with Crippen LogP contribution in [0.2, 0.25) is 0 Å². The first-order valence-electron chi connectivity index (χ1n) is 10.2. The molecule has 0 atom stereocenters. The Morgan fingerprint density at radius 2 is 1.76 bits per heavy atom. The Morgan fingerprint density at radius 3 is 2.48 bits per heavy atom. The Bertz CT molecular complexity index is 1220. The van der Waals surface area contributed by atoms with Crippen LogP contribution in [0.25, 0.3) is 0 Å². The van der Waals surface area contributed by atoms with Gasteiger partial charge in [-0.1, -0.05) is 6.07 Å². The van der Waals surface area contributed by atoms with Gasteiger partial charge in [-0.15, -0.1) is 0 Å². The number of benzene rings is 2. The first kappa shape index (κ1) is 22.7. The van der Waals surface area contributed by atoms with Gasteiger partial charge in [-0.25, -0.2) is 13.4 Å². The maximum Gasteiger partial charge on any atom is 0.255 e. The zero-order chi connectivity index (χ0) is 23.3. The minimum absolute atomic E-state index is 0.0537. The highest BCUT2D eigenvalue weighted by atomic mass is 32.2. The van der Waals surface area contributed by atoms with Gasteiger partial charge in [0, 0.05) is 24.8 Å². The van der Waals surface area contributed by atoms with E-state index >= 15 is 0 Å². The molecule has 1 fully saturated rings. The number of carbonyl (C=O) groups excluding carboxylic acids is 1. The monoisotopic (exact) mass is 469 g/mol. The lowest BCUT2D eigenvalue weighted by molar-refractivity contribution is 0.0730. The normalized spacial score (nSPS) is 14.5. The van der Waals surface area contributed by atoms with Crippen LogP contribution in [0.15, 0.2) is 71.8 Å². The second-order valence-corrected chi connectivity index (χ2v) is 9.07. The summed E-state index contributed by atoms with van der Waals surface area (Å²) in [6, 6.07) is 16.2. The van der Waals surface area contributed by atoms with E-state index in [1.165, 1.54) is 16.4 Å². The molecule has 1 saturated heterocycles. The Morgan fingerprint density at radius 1 is 1.03 bits per heavy atom. The Labute approximate surface area is 192 Å². The lowest BCUT2D eigenvalue weighted by atomic mass is 10.2. The van der Waals surface area contributed by atoms with Crippen molar-refractivity contribution in [1.82, 2.24) is 9.29 Å². The van der Waals surface area contributed by atoms with Gasteiger partial charge in [-0.3, -0.25) is 4.79 Å². The van der Waals surface area contributed by atoms with Crippen LogP contribution < -0.4 is 14.8 Å². The SMILES string of the molecule is COc1ccc(Oc2ncccc2NC(=O)c2cccc(S(=O)(=O)N3CCOCC3)c2)cc1. The van der Waals surface area contributed by atoms with E-state index in [1.54, 1.807) is 61.8 Å². The number of carbonyl (C=O) groups is 1. The lowest BCUT2D eigenvalue weighted by Crippen LogP contribution is -2.40. The minimum Gasteiger partial charge on any atom is -0.497 e. The third kappa shape index (κ3) is 5.30. The molecule has 0 saturated carbocycles. The number of ether oxygens (including phenoxy) is 3. The molecule has 4 rings (SSSR count). The van der Waals surface area contributed by atoms with Gasteiger partial charge in [0.2, 0.25) is 15.9 Å². The summed E-state index contributed by atoms with van der Waals surface area (Å²) in [5, 5.41) is 2.75. The number of nitrogens with one attached hydrogen (secondary N) is 1. The smallest absolute Gasteiger partial charge is 0.255 e. The highest BCUT2D eigenvalue weighted by Gasteiger charge is 2.27. The van der Waals surface area contributed by atoms with Gasteiger partial charge in [-0.05, 0) is 54.6 Å². The quantitative estimate of drug-likeness (QED) is 0.566. The van der Waals surface area contributed by atoms with Crippen molar-refractivity contribution in [3.63, 3.8) is 0 Å². The van der Waals surface area contributed by atoms with E-state index in [-0.39, 0.29) is 29.4 Å². The summed E-state index contributed by atoms with van der Waals surface area (Å²) in [5.41, 5.74) is 0.545. The molecule has 1 aliphatic heterocycles. The zero-order valence-electron chi connectivity index (χ0n) is 17.9. The Kier molecular flexibility index (Phi) is 6.87. The fourth-order valence-electron chi connectivity index (χ4n) is 3.25. The van der Waals surface area contributed by atoms with Crippen LogP contribution in [0.5, 0.6) is 17.4 Å². The molecule has 33 heavy (non-hydrogen) atoms. The van der Waals surface area contributed by atoms with Gasteiger partial charge >= 0.3 is 0 Å². The lowest BCUT2D eigenvalue weighted by Gasteiger charge is -2.26. The highest BCUT2D eigenvalue weighted by molar-refractivity contribution is 7.89. The molecule has 9 nitrogen and oxygen atoms in total. The number of nitrogens with zero attached hydrogens (tertiary/aromatic N) is 2. The summed E-state index contributed by atoms with van der Waals surface area (Å²) >= 11 is 0. The molecular formula is C23H23N3O6S. The van der Waals surface area contributed by atoms with Crippen molar-refractivity contribution in [3.8, 4) is 17.4 Å². The standard InChI is InChI=1S/C23H23N3O6S/c1-30-18-7-9-19(10-8-18)32-23-21(6-3-11-24-23)25-22(27)17-4-2-5-20(16-17)33(28,29)26-12-14-31-15-13-26/h2-11,16H,12-15H2,1H3,(H,25,27). The van der Waals surface area contributed by atoms with Crippen molar-refractivity contribution in [3.05, 3.63) is 72.4 Å². The molecule has 2 aromatic carbocycles. The Balaban J connectivity index is 1.52. The molecule has 0 aliphatic carbocycles. The summed E-state index contributed by atoms with van der Waals surface area (Å²) in [6.07, 6.45) is 1.55. The molecule has 1 amide bonds. The molecule has 10 heteroatoms. The molecular weight excluding hydrogens is 446 g/mol. The maximum atomic E-state index is 12.9. The number of anilines is 1. The number of pyridine rings is 1. The minimum atomic E-state index is -3.72. The molecule has 2 heterocycles. The van der Waals surface area contributed by atoms with Crippen LogP contribution in [0.4, 0.5) is 5.69 Å². The van der Waals surface area contributed by atoms with Crippen LogP contribution in [0.3, 0.4) is 0 Å². The van der Waals surface area contributed by atoms with Crippen LogP contribution in [0.1, 0.15) is 10.4 Å². The van der Waals surface area contributed by atoms with Crippen molar-refractivity contribution in [2.24, 2.45) is 0 Å². The second-order valence-electron chi connectivity index (χ2n) is 7.13. The predicted octanol–water partition coefficient (Wildman–Crippen LogP) is 3.16. The average Bonchev–Trinajstić information content (AvgIpc) is 2.86. The molecule has 3 aromatic rings. The van der Waals surface area contributed by atoms with Crippen molar-refractivity contribution in [2.75, 3.05) is 38.7 Å². The van der Waals surface area contributed by atoms with Crippen LogP contribution >= 0.6 is 0 Å². The molecule has 0 bridgehead atoms. The van der Waals surface area contributed by atoms with E-state index in [0.29, 0.717) is 30.4 Å². The molecule has 0 spiro atoms. The topological polar surface area (TPSA) is 107 Å². The number of morpholine rings is 1. The van der Waals surface area contributed by atoms with Gasteiger partial charge in [0.05, 0.1) is 25.2 Å². The fraction of sp³-hybridized carbons (Fsp3) is 0.217. The van der Waals surface area contributed by atoms with E-state index in [9.17, 15) is 13.2 Å². The summed E-state index contributed by atoms with van der Waals surface area (Å²) in [6.45, 7) is 1.25. The zero-order valence-corrected chi connectivity index (χ0v) is 18.7. The van der Waals surface area contributed by atoms with E-state index in [4.69, 9.17) is 14.2 Å². The van der Waals surface area contributed by atoms with E-state index in [1.807, 2.05) is 0 Å². The molecule has 1 aromatic heterocycles. The number of sulfonamides is 1. The first-order chi connectivity index (χ1) is 16.0. The van der Waals surface area contributed by atoms with Crippen LogP contribution in [-0.4, -0.2) is 57.0 Å². The predicted molar refractivity (Wildman–Crippen MR) is 121 cm³/mol. The van der Waals surface area contributed by atoms with E-state index in [0.717, 1.165) is 0 Å². The first-order valence-corrected chi connectivity index (χ1v) is 11.7. The number of methoxy groups -OCH3 is 1. The van der Waals surface area contributed by atoms with Gasteiger partial charge in [0.1, 0.15) is 17.2 Å². The molecule has 0 radical (unpaired) electrons. The summed E-state index contributed by atoms with van der Waals surface area (Å²) in [5.74, 6) is 0.919. The van der Waals surface area contributed by atoms with Gasteiger partial charge in [0.25, 0.3) is 5.91 Å². The highest BCUT2D eigenvalue weighted by Crippen LogP contribution is 2.28. The second kappa shape index (κ2) is 9.99. The molecule has 1 N–H and O–H groups in total. The third-order valence-electron chi connectivity index (χ3n) is 5.00. The van der Waals surface area contributed by atoms with E-state index in [2.05, 4.69) is 10.3 Å². The van der Waals surface area contributed by atoms with Gasteiger partial charge < -0.3 is 19.5 Å². The van der Waals surface area contributed by atoms with Crippen molar-refractivity contribution in [1.29, 1.82) is 0 Å². The largest absolute Gasteiger partial charge is 0.497 e. The number of rotatable bonds is 7. The average molecular weight is 470 g/mol. The summed E-state index contributed by atoms with van der Waals surface area (Å²) in [4.78, 5) is 17.2. The number of amides is 1. The summed E-state index contributed by atoms with van der Waals surface area (Å²) in [7, 11) is -2.15. The number of aromatic nitrogens is 1. The summed E-state index contributed by atoms with van der Waals surface area (Å²) < 4.78 is 43.4. The molecule has 1 aliphatic rings. The van der Waals surface area contributed by atoms with Crippen molar-refractivity contribution >= 4 is 21.6 Å². The van der Waals surface area contributed by atoms with Crippen molar-refractivity contribution in [2.45, 2.75) is 4.90 Å². The van der Waals surface area contributed by atoms with E-state index < -0.39 is 15.9 Å². The van der Waals surface area contributed by atoms with Gasteiger partial charge in [0.15, 0.2) is 0 Å². The Hall–Kier alpha value is -3.47. The third-order valence-corrected chi connectivity index (χ3v) is 6.89. The number of hydrogen-bond acceptors (Lipinski definition) is 7.